The Labute approximate surface area is 173 Å². The normalized spacial score (nSPS) is 22.3. The van der Waals surface area contributed by atoms with Gasteiger partial charge in [-0.25, -0.2) is 8.42 Å². The second-order valence-electron chi connectivity index (χ2n) is 8.38. The molecule has 1 aliphatic heterocycles. The number of carbonyl (C=O) groups is 2. The number of hydrogen-bond donors (Lipinski definition) is 2. The van der Waals surface area contributed by atoms with Crippen molar-refractivity contribution in [2.24, 2.45) is 0 Å². The van der Waals surface area contributed by atoms with Gasteiger partial charge in [-0.1, -0.05) is 25.0 Å². The molecule has 2 atom stereocenters. The quantitative estimate of drug-likeness (QED) is 0.649. The number of sulfone groups is 1. The van der Waals surface area contributed by atoms with Gasteiger partial charge in [-0.2, -0.15) is 0 Å². The smallest absolute Gasteiger partial charge is 0.278 e. The van der Waals surface area contributed by atoms with Crippen molar-refractivity contribution in [3.63, 3.8) is 0 Å². The van der Waals surface area contributed by atoms with Gasteiger partial charge < -0.3 is 15.1 Å². The van der Waals surface area contributed by atoms with E-state index in [2.05, 4.69) is 5.32 Å². The molecule has 160 valence electrons. The lowest BCUT2D eigenvalue weighted by molar-refractivity contribution is -0.885. The molecule has 2 fully saturated rings. The maximum Gasteiger partial charge on any atom is 0.278 e. The summed E-state index contributed by atoms with van der Waals surface area (Å²) >= 11 is 0. The maximum absolute atomic E-state index is 13.2. The first-order valence-corrected chi connectivity index (χ1v) is 12.2. The fraction of sp³-hybridized carbons (Fsp3) is 0.619. The van der Waals surface area contributed by atoms with E-state index in [1.54, 1.807) is 19.2 Å². The molecular weight excluding hydrogens is 390 g/mol. The molecule has 8 heteroatoms. The second-order valence-corrected chi connectivity index (χ2v) is 10.6. The maximum atomic E-state index is 13.2. The van der Waals surface area contributed by atoms with E-state index in [-0.39, 0.29) is 35.4 Å². The molecule has 7 nitrogen and oxygen atoms in total. The summed E-state index contributed by atoms with van der Waals surface area (Å²) in [4.78, 5) is 27.8. The van der Waals surface area contributed by atoms with Gasteiger partial charge in [0.25, 0.3) is 11.8 Å². The molecule has 29 heavy (non-hydrogen) atoms. The number of nitrogens with zero attached hydrogens (tertiary/aromatic N) is 1. The molecule has 3 rings (SSSR count). The van der Waals surface area contributed by atoms with Crippen LogP contribution in [0.1, 0.15) is 48.0 Å². The third-order valence-corrected chi connectivity index (χ3v) is 7.76. The highest BCUT2D eigenvalue weighted by atomic mass is 32.2. The van der Waals surface area contributed by atoms with E-state index in [0.717, 1.165) is 36.1 Å². The topological polar surface area (TPSA) is 88.0 Å². The summed E-state index contributed by atoms with van der Waals surface area (Å²) in [6.45, 7) is 1.01. The lowest BCUT2D eigenvalue weighted by atomic mass is 10.1. The lowest BCUT2D eigenvalue weighted by Crippen LogP contribution is -3.09. The third-order valence-electron chi connectivity index (χ3n) is 6.01. The van der Waals surface area contributed by atoms with Gasteiger partial charge in [0.15, 0.2) is 16.4 Å². The Morgan fingerprint density at radius 1 is 1.10 bits per heavy atom. The van der Waals surface area contributed by atoms with Crippen molar-refractivity contribution in [1.82, 2.24) is 10.2 Å². The number of benzene rings is 1. The number of nitrogens with one attached hydrogen (secondary N) is 2. The van der Waals surface area contributed by atoms with Crippen LogP contribution >= 0.6 is 0 Å². The van der Waals surface area contributed by atoms with E-state index in [0.29, 0.717) is 25.1 Å². The van der Waals surface area contributed by atoms with E-state index >= 15 is 0 Å². The van der Waals surface area contributed by atoms with E-state index in [1.807, 2.05) is 24.1 Å². The first kappa shape index (κ1) is 21.8. The van der Waals surface area contributed by atoms with Gasteiger partial charge in [-0.3, -0.25) is 9.59 Å². The van der Waals surface area contributed by atoms with Gasteiger partial charge in [0.2, 0.25) is 0 Å². The Morgan fingerprint density at radius 2 is 1.76 bits per heavy atom. The van der Waals surface area contributed by atoms with Crippen LogP contribution < -0.4 is 10.2 Å². The largest absolute Gasteiger partial charge is 0.355 e. The van der Waals surface area contributed by atoms with Crippen LogP contribution in [-0.4, -0.2) is 69.4 Å². The molecular formula is C21H32N3O4S+. The van der Waals surface area contributed by atoms with Crippen LogP contribution in [0, 0.1) is 0 Å². The van der Waals surface area contributed by atoms with Gasteiger partial charge in [-0.15, -0.1) is 0 Å². The Morgan fingerprint density at radius 3 is 2.31 bits per heavy atom. The molecule has 1 aromatic rings. The van der Waals surface area contributed by atoms with Gasteiger partial charge >= 0.3 is 0 Å². The number of likely N-dealkylation sites (N-methyl/N-ethyl adjacent to an activating group) is 1. The minimum Gasteiger partial charge on any atom is -0.355 e. The van der Waals surface area contributed by atoms with Gasteiger partial charge in [-0.05, 0) is 31.4 Å². The van der Waals surface area contributed by atoms with Crippen molar-refractivity contribution in [1.29, 1.82) is 0 Å². The van der Waals surface area contributed by atoms with Crippen molar-refractivity contribution < 1.29 is 22.9 Å². The molecule has 1 heterocycles. The molecule has 0 spiro atoms. The molecule has 1 aromatic carbocycles. The second kappa shape index (κ2) is 9.26. The first-order valence-electron chi connectivity index (χ1n) is 10.4. The number of amides is 2. The summed E-state index contributed by atoms with van der Waals surface area (Å²) in [7, 11) is 0.550. The number of carbonyl (C=O) groups excluding carboxylic acids is 2. The number of rotatable bonds is 7. The van der Waals surface area contributed by atoms with Gasteiger partial charge in [0, 0.05) is 30.3 Å². The molecule has 1 saturated carbocycles. The lowest BCUT2D eigenvalue weighted by Gasteiger charge is -2.34. The Kier molecular flexibility index (Phi) is 6.95. The van der Waals surface area contributed by atoms with Gasteiger partial charge in [0.05, 0.1) is 18.6 Å². The minimum atomic E-state index is -3.03. The van der Waals surface area contributed by atoms with Crippen LogP contribution in [0.15, 0.2) is 24.3 Å². The molecule has 2 amide bonds. The molecule has 0 bridgehead atoms. The summed E-state index contributed by atoms with van der Waals surface area (Å²) in [5.74, 6) is 0.230. The summed E-state index contributed by atoms with van der Waals surface area (Å²) in [6, 6.07) is 7.42. The van der Waals surface area contributed by atoms with Crippen LogP contribution in [0.4, 0.5) is 0 Å². The van der Waals surface area contributed by atoms with Crippen LogP contribution in [0.2, 0.25) is 0 Å². The predicted molar refractivity (Wildman–Crippen MR) is 111 cm³/mol. The third kappa shape index (κ3) is 5.57. The highest BCUT2D eigenvalue weighted by Crippen LogP contribution is 2.29. The molecule has 2 aliphatic rings. The number of quaternary nitrogens is 1. The molecule has 1 saturated heterocycles. The molecule has 2 N–H and O–H groups in total. The zero-order valence-corrected chi connectivity index (χ0v) is 18.1. The van der Waals surface area contributed by atoms with Crippen LogP contribution in [0.5, 0.6) is 0 Å². The summed E-state index contributed by atoms with van der Waals surface area (Å²) < 4.78 is 23.9. The monoisotopic (exact) mass is 422 g/mol. The molecule has 0 radical (unpaired) electrons. The van der Waals surface area contributed by atoms with Crippen LogP contribution in [-0.2, 0) is 21.2 Å². The Balaban J connectivity index is 1.63. The Bertz CT molecular complexity index is 832. The SMILES string of the molecule is CNC(=O)c1ccc(C[NH+](C)CC(=O)N(C2CCCC2)[C@@H]2CCS(=O)(=O)C2)cc1. The summed E-state index contributed by atoms with van der Waals surface area (Å²) in [5, 5.41) is 2.60. The minimum absolute atomic E-state index is 0.0541. The van der Waals surface area contributed by atoms with Crippen molar-refractivity contribution in [2.75, 3.05) is 32.1 Å². The molecule has 1 aliphatic carbocycles. The average Bonchev–Trinajstić information content (AvgIpc) is 3.32. The predicted octanol–water partition coefficient (Wildman–Crippen LogP) is 0.0192. The fourth-order valence-electron chi connectivity index (χ4n) is 4.56. The summed E-state index contributed by atoms with van der Waals surface area (Å²) in [6.07, 6.45) is 4.72. The van der Waals surface area contributed by atoms with E-state index in [1.165, 1.54) is 0 Å². The standard InChI is InChI=1S/C21H31N3O4S/c1-22-21(26)17-9-7-16(8-10-17)13-23(2)14-20(25)24(18-5-3-4-6-18)19-11-12-29(27,28)15-19/h7-10,18-19H,3-6,11-15H2,1-2H3,(H,22,26)/p+1/t19-/m1/s1. The highest BCUT2D eigenvalue weighted by Gasteiger charge is 2.39. The van der Waals surface area contributed by atoms with Crippen molar-refractivity contribution >= 4 is 21.7 Å². The van der Waals surface area contributed by atoms with E-state index < -0.39 is 9.84 Å². The highest BCUT2D eigenvalue weighted by molar-refractivity contribution is 7.91. The zero-order valence-electron chi connectivity index (χ0n) is 17.3. The van der Waals surface area contributed by atoms with E-state index in [9.17, 15) is 18.0 Å². The molecule has 1 unspecified atom stereocenters. The summed E-state index contributed by atoms with van der Waals surface area (Å²) in [5.41, 5.74) is 1.67. The fourth-order valence-corrected chi connectivity index (χ4v) is 6.27. The van der Waals surface area contributed by atoms with Crippen LogP contribution in [0.25, 0.3) is 0 Å². The zero-order chi connectivity index (χ0) is 21.0. The number of hydrogen-bond acceptors (Lipinski definition) is 4. The average molecular weight is 423 g/mol. The van der Waals surface area contributed by atoms with Crippen LogP contribution in [0.3, 0.4) is 0 Å². The van der Waals surface area contributed by atoms with Crippen molar-refractivity contribution in [3.05, 3.63) is 35.4 Å². The van der Waals surface area contributed by atoms with E-state index in [4.69, 9.17) is 0 Å². The van der Waals surface area contributed by atoms with Crippen molar-refractivity contribution in [2.45, 2.75) is 50.7 Å². The van der Waals surface area contributed by atoms with Crippen molar-refractivity contribution in [3.8, 4) is 0 Å². The Hall–Kier alpha value is -1.93. The first-order chi connectivity index (χ1) is 13.8. The molecule has 0 aromatic heterocycles. The van der Waals surface area contributed by atoms with Gasteiger partial charge in [0.1, 0.15) is 6.54 Å².